The molecule has 1 aliphatic rings. The zero-order valence-corrected chi connectivity index (χ0v) is 13.7. The lowest BCUT2D eigenvalue weighted by atomic mass is 10.0. The van der Waals surface area contributed by atoms with Gasteiger partial charge in [-0.25, -0.2) is 0 Å². The second-order valence-corrected chi connectivity index (χ2v) is 5.88. The van der Waals surface area contributed by atoms with Crippen molar-refractivity contribution in [1.82, 2.24) is 10.7 Å². The Balaban J connectivity index is 1.87. The Bertz CT molecular complexity index is 536. The van der Waals surface area contributed by atoms with Gasteiger partial charge in [0.2, 0.25) is 0 Å². The van der Waals surface area contributed by atoms with Crippen LogP contribution in [0.1, 0.15) is 36.5 Å². The zero-order valence-electron chi connectivity index (χ0n) is 12.9. The molecule has 0 amide bonds. The molecule has 21 heavy (non-hydrogen) atoms. The van der Waals surface area contributed by atoms with E-state index in [1.165, 1.54) is 11.1 Å². The molecule has 4 nitrogen and oxygen atoms in total. The molecule has 1 aromatic rings. The first-order valence-electron chi connectivity index (χ1n) is 7.33. The van der Waals surface area contributed by atoms with E-state index in [0.29, 0.717) is 5.11 Å². The Morgan fingerprint density at radius 1 is 1.43 bits per heavy atom. The van der Waals surface area contributed by atoms with Crippen molar-refractivity contribution < 1.29 is 4.74 Å². The second kappa shape index (κ2) is 7.52. The van der Waals surface area contributed by atoms with Crippen LogP contribution in [0.5, 0.6) is 0 Å². The normalized spacial score (nSPS) is 18.6. The minimum absolute atomic E-state index is 0.272. The van der Waals surface area contributed by atoms with Crippen LogP contribution in [-0.4, -0.2) is 30.1 Å². The van der Waals surface area contributed by atoms with Crippen molar-refractivity contribution >= 4 is 23.0 Å². The number of thiocarbonyl (C=S) groups is 1. The van der Waals surface area contributed by atoms with Crippen LogP contribution in [0.15, 0.2) is 23.3 Å². The topological polar surface area (TPSA) is 45.7 Å². The molecule has 0 radical (unpaired) electrons. The average Bonchev–Trinajstić information content (AvgIpc) is 2.98. The SMILES string of the molecule is C/C(=N/NC(=S)NC[C@@H]1CCCO1)c1cc(C)ccc1C. The molecule has 1 aliphatic heterocycles. The molecule has 0 spiro atoms. The number of hydrazone groups is 1. The molecule has 2 rings (SSSR count). The fourth-order valence-corrected chi connectivity index (χ4v) is 2.50. The van der Waals surface area contributed by atoms with E-state index in [1.807, 2.05) is 6.92 Å². The molecular formula is C16H23N3OS. The highest BCUT2D eigenvalue weighted by molar-refractivity contribution is 7.80. The van der Waals surface area contributed by atoms with Gasteiger partial charge in [-0.05, 0) is 57.5 Å². The first kappa shape index (κ1) is 15.9. The molecule has 1 atom stereocenters. The summed E-state index contributed by atoms with van der Waals surface area (Å²) in [6.45, 7) is 7.75. The summed E-state index contributed by atoms with van der Waals surface area (Å²) in [6, 6.07) is 6.35. The number of ether oxygens (including phenoxy) is 1. The molecule has 0 unspecified atom stereocenters. The highest BCUT2D eigenvalue weighted by atomic mass is 32.1. The minimum Gasteiger partial charge on any atom is -0.376 e. The molecule has 1 heterocycles. The van der Waals surface area contributed by atoms with Crippen LogP contribution in [0, 0.1) is 13.8 Å². The van der Waals surface area contributed by atoms with E-state index in [0.717, 1.165) is 37.3 Å². The van der Waals surface area contributed by atoms with Gasteiger partial charge in [0, 0.05) is 18.7 Å². The third kappa shape index (κ3) is 4.79. The van der Waals surface area contributed by atoms with Crippen molar-refractivity contribution in [3.8, 4) is 0 Å². The van der Waals surface area contributed by atoms with Gasteiger partial charge < -0.3 is 10.1 Å². The molecular weight excluding hydrogens is 282 g/mol. The number of benzene rings is 1. The van der Waals surface area contributed by atoms with Crippen molar-refractivity contribution in [1.29, 1.82) is 0 Å². The van der Waals surface area contributed by atoms with Gasteiger partial charge in [-0.2, -0.15) is 5.10 Å². The summed E-state index contributed by atoms with van der Waals surface area (Å²) in [7, 11) is 0. The van der Waals surface area contributed by atoms with Crippen molar-refractivity contribution in [2.24, 2.45) is 5.10 Å². The van der Waals surface area contributed by atoms with E-state index in [9.17, 15) is 0 Å². The quantitative estimate of drug-likeness (QED) is 0.510. The van der Waals surface area contributed by atoms with Gasteiger partial charge in [0.1, 0.15) is 0 Å². The van der Waals surface area contributed by atoms with E-state index in [2.05, 4.69) is 47.9 Å². The minimum atomic E-state index is 0.272. The summed E-state index contributed by atoms with van der Waals surface area (Å²) >= 11 is 5.23. The Kier molecular flexibility index (Phi) is 5.70. The van der Waals surface area contributed by atoms with Gasteiger partial charge in [0.05, 0.1) is 11.8 Å². The summed E-state index contributed by atoms with van der Waals surface area (Å²) in [6.07, 6.45) is 2.51. The maximum absolute atomic E-state index is 5.54. The van der Waals surface area contributed by atoms with Gasteiger partial charge in [-0.3, -0.25) is 5.43 Å². The third-order valence-corrected chi connectivity index (χ3v) is 3.86. The fourth-order valence-electron chi connectivity index (χ4n) is 2.37. The van der Waals surface area contributed by atoms with Gasteiger partial charge in [0.25, 0.3) is 0 Å². The van der Waals surface area contributed by atoms with Crippen LogP contribution in [-0.2, 0) is 4.74 Å². The Morgan fingerprint density at radius 2 is 2.24 bits per heavy atom. The highest BCUT2D eigenvalue weighted by Crippen LogP contribution is 2.12. The summed E-state index contributed by atoms with van der Waals surface area (Å²) in [5.74, 6) is 0. The lowest BCUT2D eigenvalue weighted by Gasteiger charge is -2.12. The maximum Gasteiger partial charge on any atom is 0.187 e. The smallest absolute Gasteiger partial charge is 0.187 e. The van der Waals surface area contributed by atoms with E-state index >= 15 is 0 Å². The number of nitrogens with one attached hydrogen (secondary N) is 2. The van der Waals surface area contributed by atoms with Crippen molar-refractivity contribution in [3.63, 3.8) is 0 Å². The molecule has 0 saturated carbocycles. The van der Waals surface area contributed by atoms with Crippen LogP contribution in [0.4, 0.5) is 0 Å². The van der Waals surface area contributed by atoms with Crippen molar-refractivity contribution in [2.75, 3.05) is 13.2 Å². The van der Waals surface area contributed by atoms with Gasteiger partial charge in [-0.15, -0.1) is 0 Å². The summed E-state index contributed by atoms with van der Waals surface area (Å²) < 4.78 is 5.54. The van der Waals surface area contributed by atoms with Crippen LogP contribution in [0.25, 0.3) is 0 Å². The molecule has 0 aromatic heterocycles. The number of hydrogen-bond acceptors (Lipinski definition) is 3. The van der Waals surface area contributed by atoms with Crippen LogP contribution in [0.2, 0.25) is 0 Å². The van der Waals surface area contributed by atoms with Crippen LogP contribution in [0.3, 0.4) is 0 Å². The number of hydrogen-bond donors (Lipinski definition) is 2. The molecule has 1 saturated heterocycles. The van der Waals surface area contributed by atoms with E-state index in [4.69, 9.17) is 17.0 Å². The summed E-state index contributed by atoms with van der Waals surface area (Å²) in [5.41, 5.74) is 7.41. The van der Waals surface area contributed by atoms with E-state index < -0.39 is 0 Å². The Hall–Kier alpha value is -1.46. The largest absolute Gasteiger partial charge is 0.376 e. The first-order valence-corrected chi connectivity index (χ1v) is 7.74. The fraction of sp³-hybridized carbons (Fsp3) is 0.500. The average molecular weight is 305 g/mol. The Labute approximate surface area is 132 Å². The molecule has 0 aliphatic carbocycles. The summed E-state index contributed by atoms with van der Waals surface area (Å²) in [4.78, 5) is 0. The summed E-state index contributed by atoms with van der Waals surface area (Å²) in [5, 5.41) is 8.05. The van der Waals surface area contributed by atoms with E-state index in [1.54, 1.807) is 0 Å². The molecule has 114 valence electrons. The number of aryl methyl sites for hydroxylation is 2. The standard InChI is InChI=1S/C16H23N3OS/c1-11-6-7-12(2)15(9-11)13(3)18-19-16(21)17-10-14-5-4-8-20-14/h6-7,9,14H,4-5,8,10H2,1-3H3,(H2,17,19,21)/b18-13-/t14-/m0/s1. The maximum atomic E-state index is 5.54. The monoisotopic (exact) mass is 305 g/mol. The number of nitrogens with zero attached hydrogens (tertiary/aromatic N) is 1. The third-order valence-electron chi connectivity index (χ3n) is 3.62. The van der Waals surface area contributed by atoms with Crippen LogP contribution < -0.4 is 10.7 Å². The lowest BCUT2D eigenvalue weighted by molar-refractivity contribution is 0.114. The van der Waals surface area contributed by atoms with Crippen LogP contribution >= 0.6 is 12.2 Å². The van der Waals surface area contributed by atoms with Gasteiger partial charge in [0.15, 0.2) is 5.11 Å². The highest BCUT2D eigenvalue weighted by Gasteiger charge is 2.15. The predicted molar refractivity (Wildman–Crippen MR) is 90.8 cm³/mol. The van der Waals surface area contributed by atoms with Gasteiger partial charge >= 0.3 is 0 Å². The molecule has 2 N–H and O–H groups in total. The zero-order chi connectivity index (χ0) is 15.2. The molecule has 0 bridgehead atoms. The van der Waals surface area contributed by atoms with Crippen molar-refractivity contribution in [2.45, 2.75) is 39.7 Å². The lowest BCUT2D eigenvalue weighted by Crippen LogP contribution is -2.37. The predicted octanol–water partition coefficient (Wildman–Crippen LogP) is 2.67. The first-order chi connectivity index (χ1) is 10.1. The Morgan fingerprint density at radius 3 is 2.95 bits per heavy atom. The molecule has 1 fully saturated rings. The second-order valence-electron chi connectivity index (χ2n) is 5.47. The van der Waals surface area contributed by atoms with E-state index in [-0.39, 0.29) is 6.10 Å². The number of rotatable bonds is 4. The van der Waals surface area contributed by atoms with Crippen molar-refractivity contribution in [3.05, 3.63) is 34.9 Å². The molecule has 5 heteroatoms. The van der Waals surface area contributed by atoms with Gasteiger partial charge in [-0.1, -0.05) is 17.7 Å². The molecule has 1 aromatic carbocycles.